The normalized spacial score (nSPS) is 11.5. The van der Waals surface area contributed by atoms with E-state index in [2.05, 4.69) is 17.2 Å². The van der Waals surface area contributed by atoms with Gasteiger partial charge in [-0.05, 0) is 39.1 Å². The van der Waals surface area contributed by atoms with Crippen LogP contribution in [0.15, 0.2) is 18.2 Å². The summed E-state index contributed by atoms with van der Waals surface area (Å²) in [6.07, 6.45) is 0. The lowest BCUT2D eigenvalue weighted by Crippen LogP contribution is -2.14. The summed E-state index contributed by atoms with van der Waals surface area (Å²) in [6, 6.07) is 4.55. The van der Waals surface area contributed by atoms with Gasteiger partial charge in [-0.25, -0.2) is 4.39 Å². The summed E-state index contributed by atoms with van der Waals surface area (Å²) in [5.74, 6) is 5.97. The molecule has 0 amide bonds. The van der Waals surface area contributed by atoms with Crippen LogP contribution >= 0.6 is 0 Å². The highest BCUT2D eigenvalue weighted by atomic mass is 19.1. The van der Waals surface area contributed by atoms with Gasteiger partial charge in [0.25, 0.3) is 0 Å². The third kappa shape index (κ3) is 3.25. The van der Waals surface area contributed by atoms with Crippen molar-refractivity contribution in [3.8, 4) is 17.6 Å². The molecular weight excluding hydrogens is 205 g/mol. The topological polar surface area (TPSA) is 21.3 Å². The summed E-state index contributed by atoms with van der Waals surface area (Å²) in [7, 11) is 1.82. The zero-order valence-corrected chi connectivity index (χ0v) is 9.80. The zero-order valence-electron chi connectivity index (χ0n) is 9.80. The van der Waals surface area contributed by atoms with E-state index >= 15 is 0 Å². The molecule has 0 aliphatic carbocycles. The van der Waals surface area contributed by atoms with Gasteiger partial charge in [0.05, 0.1) is 0 Å². The minimum Gasteiger partial charge on any atom is -0.481 e. The predicted molar refractivity (Wildman–Crippen MR) is 62.8 cm³/mol. The van der Waals surface area contributed by atoms with Crippen molar-refractivity contribution >= 4 is 0 Å². The molecule has 0 aliphatic heterocycles. The van der Waals surface area contributed by atoms with Crippen molar-refractivity contribution < 1.29 is 9.13 Å². The summed E-state index contributed by atoms with van der Waals surface area (Å²) < 4.78 is 18.6. The first-order valence-electron chi connectivity index (χ1n) is 5.18. The van der Waals surface area contributed by atoms with Crippen LogP contribution in [-0.2, 0) is 0 Å². The Balaban J connectivity index is 2.91. The summed E-state index contributed by atoms with van der Waals surface area (Å²) >= 11 is 0. The van der Waals surface area contributed by atoms with Crippen molar-refractivity contribution in [1.29, 1.82) is 0 Å². The molecule has 1 N–H and O–H groups in total. The summed E-state index contributed by atoms with van der Waals surface area (Å²) in [4.78, 5) is 0. The Morgan fingerprint density at radius 2 is 2.25 bits per heavy atom. The average Bonchev–Trinajstić information content (AvgIpc) is 2.30. The molecule has 1 rings (SSSR count). The summed E-state index contributed by atoms with van der Waals surface area (Å²) in [6.45, 7) is 4.03. The lowest BCUT2D eigenvalue weighted by Gasteiger charge is -2.15. The first kappa shape index (κ1) is 12.5. The fourth-order valence-corrected chi connectivity index (χ4v) is 1.33. The van der Waals surface area contributed by atoms with Crippen LogP contribution in [-0.4, -0.2) is 13.7 Å². The molecule has 2 nitrogen and oxygen atoms in total. The number of ether oxygens (including phenoxy) is 1. The monoisotopic (exact) mass is 221 g/mol. The maximum absolute atomic E-state index is 13.1. The van der Waals surface area contributed by atoms with Gasteiger partial charge in [0.1, 0.15) is 18.2 Å². The second-order valence-electron chi connectivity index (χ2n) is 3.41. The number of hydrogen-bond donors (Lipinski definition) is 1. The zero-order chi connectivity index (χ0) is 12.0. The third-order valence-corrected chi connectivity index (χ3v) is 2.35. The van der Waals surface area contributed by atoms with E-state index in [1.54, 1.807) is 13.0 Å². The quantitative estimate of drug-likeness (QED) is 0.789. The van der Waals surface area contributed by atoms with E-state index in [-0.39, 0.29) is 11.9 Å². The highest BCUT2D eigenvalue weighted by molar-refractivity contribution is 5.36. The molecule has 86 valence electrons. The Kier molecular flexibility index (Phi) is 4.81. The molecule has 0 radical (unpaired) electrons. The molecule has 1 aromatic rings. The van der Waals surface area contributed by atoms with Crippen LogP contribution in [0.25, 0.3) is 0 Å². The van der Waals surface area contributed by atoms with Crippen molar-refractivity contribution in [1.82, 2.24) is 5.32 Å². The molecule has 0 saturated heterocycles. The van der Waals surface area contributed by atoms with Gasteiger partial charge in [-0.2, -0.15) is 0 Å². The van der Waals surface area contributed by atoms with Crippen molar-refractivity contribution in [2.75, 3.05) is 13.7 Å². The van der Waals surface area contributed by atoms with Crippen LogP contribution < -0.4 is 10.1 Å². The summed E-state index contributed by atoms with van der Waals surface area (Å²) in [5.41, 5.74) is 0.806. The van der Waals surface area contributed by atoms with E-state index in [0.717, 1.165) is 5.56 Å². The van der Waals surface area contributed by atoms with Crippen LogP contribution in [0.5, 0.6) is 5.75 Å². The molecule has 0 aromatic heterocycles. The maximum Gasteiger partial charge on any atom is 0.149 e. The van der Waals surface area contributed by atoms with Crippen LogP contribution in [0.3, 0.4) is 0 Å². The van der Waals surface area contributed by atoms with E-state index in [4.69, 9.17) is 4.74 Å². The fourth-order valence-electron chi connectivity index (χ4n) is 1.33. The van der Waals surface area contributed by atoms with Gasteiger partial charge in [-0.1, -0.05) is 5.92 Å². The number of hydrogen-bond acceptors (Lipinski definition) is 2. The Labute approximate surface area is 95.8 Å². The molecule has 16 heavy (non-hydrogen) atoms. The van der Waals surface area contributed by atoms with Crippen molar-refractivity contribution in [3.63, 3.8) is 0 Å². The van der Waals surface area contributed by atoms with Gasteiger partial charge in [0, 0.05) is 11.6 Å². The van der Waals surface area contributed by atoms with E-state index in [1.807, 2.05) is 14.0 Å². The molecule has 0 heterocycles. The van der Waals surface area contributed by atoms with Gasteiger partial charge >= 0.3 is 0 Å². The van der Waals surface area contributed by atoms with E-state index in [1.165, 1.54) is 12.1 Å². The average molecular weight is 221 g/mol. The minimum absolute atomic E-state index is 0.0419. The molecule has 1 atom stereocenters. The minimum atomic E-state index is -0.258. The second-order valence-corrected chi connectivity index (χ2v) is 3.41. The molecule has 3 heteroatoms. The molecule has 0 aliphatic rings. The van der Waals surface area contributed by atoms with Crippen molar-refractivity contribution in [2.24, 2.45) is 0 Å². The highest BCUT2D eigenvalue weighted by Gasteiger charge is 2.10. The van der Waals surface area contributed by atoms with E-state index in [9.17, 15) is 4.39 Å². The van der Waals surface area contributed by atoms with Gasteiger partial charge in [0.2, 0.25) is 0 Å². The highest BCUT2D eigenvalue weighted by Crippen LogP contribution is 2.25. The Hall–Kier alpha value is -1.53. The molecule has 1 aromatic carbocycles. The van der Waals surface area contributed by atoms with Crippen LogP contribution in [0, 0.1) is 17.7 Å². The molecule has 0 spiro atoms. The molecule has 1 unspecified atom stereocenters. The van der Waals surface area contributed by atoms with Crippen molar-refractivity contribution in [2.45, 2.75) is 19.9 Å². The predicted octanol–water partition coefficient (Wildman–Crippen LogP) is 2.51. The SMILES string of the molecule is CC#CCOc1ccc(F)cc1C(C)NC. The maximum atomic E-state index is 13.1. The van der Waals surface area contributed by atoms with Crippen LogP contribution in [0.1, 0.15) is 25.5 Å². The smallest absolute Gasteiger partial charge is 0.149 e. The van der Waals surface area contributed by atoms with Gasteiger partial charge < -0.3 is 10.1 Å². The molecule has 0 saturated carbocycles. The second kappa shape index (κ2) is 6.14. The van der Waals surface area contributed by atoms with Gasteiger partial charge in [-0.15, -0.1) is 5.92 Å². The van der Waals surface area contributed by atoms with Crippen LogP contribution in [0.2, 0.25) is 0 Å². The first-order chi connectivity index (χ1) is 7.69. The standard InChI is InChI=1S/C13H16FNO/c1-4-5-8-16-13-7-6-11(14)9-12(13)10(2)15-3/h6-7,9-10,15H,8H2,1-3H3. The van der Waals surface area contributed by atoms with E-state index < -0.39 is 0 Å². The molecule has 0 bridgehead atoms. The number of benzene rings is 1. The number of rotatable bonds is 4. The largest absolute Gasteiger partial charge is 0.481 e. The Morgan fingerprint density at radius 1 is 1.50 bits per heavy atom. The Morgan fingerprint density at radius 3 is 2.88 bits per heavy atom. The first-order valence-corrected chi connectivity index (χ1v) is 5.18. The van der Waals surface area contributed by atoms with Gasteiger partial charge in [-0.3, -0.25) is 0 Å². The lowest BCUT2D eigenvalue weighted by atomic mass is 10.1. The van der Waals surface area contributed by atoms with Gasteiger partial charge in [0.15, 0.2) is 0 Å². The fraction of sp³-hybridized carbons (Fsp3) is 0.385. The molecule has 0 fully saturated rings. The number of nitrogens with one attached hydrogen (secondary N) is 1. The third-order valence-electron chi connectivity index (χ3n) is 2.35. The van der Waals surface area contributed by atoms with Crippen LogP contribution in [0.4, 0.5) is 4.39 Å². The van der Waals surface area contributed by atoms with E-state index in [0.29, 0.717) is 12.4 Å². The molecular formula is C13H16FNO. The number of halogens is 1. The Bertz CT molecular complexity index is 406. The summed E-state index contributed by atoms with van der Waals surface area (Å²) in [5, 5.41) is 3.06. The lowest BCUT2D eigenvalue weighted by molar-refractivity contribution is 0.360. The van der Waals surface area contributed by atoms with Crippen molar-refractivity contribution in [3.05, 3.63) is 29.6 Å².